The Bertz CT molecular complexity index is 832. The topological polar surface area (TPSA) is 94.1 Å². The van der Waals surface area contributed by atoms with Crippen molar-refractivity contribution in [3.63, 3.8) is 0 Å². The number of benzene rings is 2. The number of halogens is 1. The molecule has 0 fully saturated rings. The van der Waals surface area contributed by atoms with Gasteiger partial charge < -0.3 is 21.2 Å². The Balaban J connectivity index is 0.00000208. The first-order valence-corrected chi connectivity index (χ1v) is 7.49. The zero-order chi connectivity index (χ0) is 16.2. The highest BCUT2D eigenvalue weighted by molar-refractivity contribution is 5.85. The summed E-state index contributed by atoms with van der Waals surface area (Å²) in [6.07, 6.45) is 1.77. The van der Waals surface area contributed by atoms with E-state index in [4.69, 9.17) is 16.2 Å². The second-order valence-corrected chi connectivity index (χ2v) is 5.41. The third-order valence-corrected chi connectivity index (χ3v) is 3.72. The minimum absolute atomic E-state index is 0. The number of nitrogens with one attached hydrogen (secondary N) is 1. The average molecular weight is 346 g/mol. The van der Waals surface area contributed by atoms with E-state index < -0.39 is 12.0 Å². The van der Waals surface area contributed by atoms with Gasteiger partial charge in [-0.25, -0.2) is 0 Å². The highest BCUT2D eigenvalue weighted by atomic mass is 35.5. The predicted molar refractivity (Wildman–Crippen MR) is 97.3 cm³/mol. The van der Waals surface area contributed by atoms with Crippen LogP contribution >= 0.6 is 12.4 Å². The number of H-pyrrole nitrogens is 1. The van der Waals surface area contributed by atoms with Crippen molar-refractivity contribution in [2.75, 3.05) is 6.54 Å². The summed E-state index contributed by atoms with van der Waals surface area (Å²) in [5.41, 5.74) is 13.9. The fraction of sp³-hybridized carbons (Fsp3) is 0.167. The Hall–Kier alpha value is -2.50. The summed E-state index contributed by atoms with van der Waals surface area (Å²) in [5.74, 6) is 0.0780. The van der Waals surface area contributed by atoms with Crippen LogP contribution in [-0.4, -0.2) is 17.4 Å². The van der Waals surface area contributed by atoms with Gasteiger partial charge in [-0.3, -0.25) is 4.79 Å². The van der Waals surface area contributed by atoms with Gasteiger partial charge >= 0.3 is 0 Å². The van der Waals surface area contributed by atoms with E-state index in [2.05, 4.69) is 4.98 Å². The molecule has 1 atom stereocenters. The van der Waals surface area contributed by atoms with Crippen LogP contribution < -0.4 is 16.2 Å². The van der Waals surface area contributed by atoms with Gasteiger partial charge in [0.15, 0.2) is 0 Å². The minimum Gasteiger partial charge on any atom is -0.476 e. The Morgan fingerprint density at radius 3 is 2.75 bits per heavy atom. The van der Waals surface area contributed by atoms with E-state index in [0.717, 1.165) is 28.5 Å². The molecule has 0 spiro atoms. The molecule has 0 radical (unpaired) electrons. The van der Waals surface area contributed by atoms with Crippen molar-refractivity contribution in [2.24, 2.45) is 11.5 Å². The van der Waals surface area contributed by atoms with Gasteiger partial charge in [0.2, 0.25) is 6.10 Å². The van der Waals surface area contributed by atoms with E-state index >= 15 is 0 Å². The lowest BCUT2D eigenvalue weighted by Gasteiger charge is -2.17. The molecule has 0 aliphatic carbocycles. The second kappa shape index (κ2) is 7.86. The predicted octanol–water partition coefficient (Wildman–Crippen LogP) is 2.70. The molecule has 3 rings (SSSR count). The monoisotopic (exact) mass is 345 g/mol. The number of hydrogen-bond donors (Lipinski definition) is 3. The maximum atomic E-state index is 11.9. The number of carbonyl (C=O) groups is 1. The van der Waals surface area contributed by atoms with Crippen LogP contribution in [0, 0.1) is 0 Å². The van der Waals surface area contributed by atoms with Crippen LogP contribution in [0.4, 0.5) is 0 Å². The smallest absolute Gasteiger partial charge is 0.263 e. The number of ether oxygens (including phenoxy) is 1. The number of primary amides is 1. The number of fused-ring (bicyclic) bond motifs is 1. The number of aromatic nitrogens is 1. The van der Waals surface area contributed by atoms with Gasteiger partial charge in [-0.05, 0) is 42.8 Å². The molecule has 24 heavy (non-hydrogen) atoms. The van der Waals surface area contributed by atoms with Gasteiger partial charge in [0.05, 0.1) is 0 Å². The molecule has 1 amide bonds. The van der Waals surface area contributed by atoms with Crippen LogP contribution in [0.1, 0.15) is 17.2 Å². The number of carbonyl (C=O) groups excluding carboxylic acids is 1. The van der Waals surface area contributed by atoms with Crippen molar-refractivity contribution < 1.29 is 9.53 Å². The largest absolute Gasteiger partial charge is 0.476 e. The van der Waals surface area contributed by atoms with Gasteiger partial charge in [0.1, 0.15) is 5.75 Å². The SMILES string of the molecule is Cl.NCCc1cccc(C(Oc2ccc3[nH]ccc3c2)C(N)=O)c1. The third-order valence-electron chi connectivity index (χ3n) is 3.72. The molecule has 2 aromatic carbocycles. The van der Waals surface area contributed by atoms with Crippen molar-refractivity contribution >= 4 is 29.2 Å². The van der Waals surface area contributed by atoms with Crippen LogP contribution in [-0.2, 0) is 11.2 Å². The van der Waals surface area contributed by atoms with Gasteiger partial charge in [-0.1, -0.05) is 24.3 Å². The molecule has 5 N–H and O–H groups in total. The lowest BCUT2D eigenvalue weighted by Crippen LogP contribution is -2.26. The van der Waals surface area contributed by atoms with Gasteiger partial charge in [-0.15, -0.1) is 12.4 Å². The van der Waals surface area contributed by atoms with E-state index in [1.807, 2.05) is 54.7 Å². The molecule has 6 heteroatoms. The second-order valence-electron chi connectivity index (χ2n) is 5.41. The highest BCUT2D eigenvalue weighted by Crippen LogP contribution is 2.26. The molecule has 126 valence electrons. The van der Waals surface area contributed by atoms with Crippen molar-refractivity contribution in [1.82, 2.24) is 4.98 Å². The number of nitrogens with two attached hydrogens (primary N) is 2. The Labute approximate surface area is 146 Å². The van der Waals surface area contributed by atoms with E-state index in [1.165, 1.54) is 0 Å². The summed E-state index contributed by atoms with van der Waals surface area (Å²) in [5, 5.41) is 1.02. The molecule has 5 nitrogen and oxygen atoms in total. The molecule has 0 aliphatic heterocycles. The molecule has 1 aromatic heterocycles. The molecule has 0 bridgehead atoms. The Morgan fingerprint density at radius 1 is 1.17 bits per heavy atom. The minimum atomic E-state index is -0.830. The normalized spacial score (nSPS) is 11.7. The quantitative estimate of drug-likeness (QED) is 0.641. The molecule has 1 unspecified atom stereocenters. The van der Waals surface area contributed by atoms with Gasteiger partial charge in [0.25, 0.3) is 5.91 Å². The van der Waals surface area contributed by atoms with Crippen molar-refractivity contribution in [1.29, 1.82) is 0 Å². The van der Waals surface area contributed by atoms with Crippen LogP contribution in [0.3, 0.4) is 0 Å². The van der Waals surface area contributed by atoms with Crippen LogP contribution in [0.5, 0.6) is 5.75 Å². The number of hydrogen-bond acceptors (Lipinski definition) is 3. The summed E-state index contributed by atoms with van der Waals surface area (Å²) in [4.78, 5) is 15.0. The van der Waals surface area contributed by atoms with Crippen LogP contribution in [0.2, 0.25) is 0 Å². The molecular weight excluding hydrogens is 326 g/mol. The molecule has 0 aliphatic rings. The number of aromatic amines is 1. The molecule has 3 aromatic rings. The summed E-state index contributed by atoms with van der Waals surface area (Å²) in [7, 11) is 0. The highest BCUT2D eigenvalue weighted by Gasteiger charge is 2.20. The summed E-state index contributed by atoms with van der Waals surface area (Å²) < 4.78 is 5.85. The number of rotatable bonds is 6. The van der Waals surface area contributed by atoms with Crippen LogP contribution in [0.15, 0.2) is 54.7 Å². The molecular formula is C18H20ClN3O2. The first-order chi connectivity index (χ1) is 11.2. The van der Waals surface area contributed by atoms with Crippen molar-refractivity contribution in [3.05, 3.63) is 65.9 Å². The summed E-state index contributed by atoms with van der Waals surface area (Å²) in [6.45, 7) is 0.551. The first kappa shape index (κ1) is 17.8. The maximum Gasteiger partial charge on any atom is 0.263 e. The van der Waals surface area contributed by atoms with Crippen molar-refractivity contribution in [3.8, 4) is 5.75 Å². The maximum absolute atomic E-state index is 11.9. The fourth-order valence-electron chi connectivity index (χ4n) is 2.61. The Kier molecular flexibility index (Phi) is 5.84. The lowest BCUT2D eigenvalue weighted by molar-refractivity contribution is -0.125. The van der Waals surface area contributed by atoms with Gasteiger partial charge in [0, 0.05) is 22.7 Å². The zero-order valence-electron chi connectivity index (χ0n) is 13.1. The van der Waals surface area contributed by atoms with E-state index in [9.17, 15) is 4.79 Å². The van der Waals surface area contributed by atoms with Crippen LogP contribution in [0.25, 0.3) is 10.9 Å². The van der Waals surface area contributed by atoms with E-state index in [-0.39, 0.29) is 12.4 Å². The molecule has 0 saturated heterocycles. The molecule has 1 heterocycles. The Morgan fingerprint density at radius 2 is 2.00 bits per heavy atom. The third kappa shape index (κ3) is 3.88. The first-order valence-electron chi connectivity index (χ1n) is 7.49. The zero-order valence-corrected chi connectivity index (χ0v) is 13.9. The standard InChI is InChI=1S/C18H19N3O2.ClH/c19-8-6-12-2-1-3-14(10-12)17(18(20)22)23-15-4-5-16-13(11-15)7-9-21-16;/h1-5,7,9-11,17,21H,6,8,19H2,(H2,20,22);1H. The molecule has 0 saturated carbocycles. The van der Waals surface area contributed by atoms with Crippen molar-refractivity contribution in [2.45, 2.75) is 12.5 Å². The average Bonchev–Trinajstić information content (AvgIpc) is 3.00. The van der Waals surface area contributed by atoms with E-state index in [1.54, 1.807) is 0 Å². The van der Waals surface area contributed by atoms with E-state index in [0.29, 0.717) is 12.3 Å². The summed E-state index contributed by atoms with van der Waals surface area (Å²) in [6, 6.07) is 15.2. The van der Waals surface area contributed by atoms with Gasteiger partial charge in [-0.2, -0.15) is 0 Å². The number of amides is 1. The lowest BCUT2D eigenvalue weighted by atomic mass is 10.0. The summed E-state index contributed by atoms with van der Waals surface area (Å²) >= 11 is 0. The fourth-order valence-corrected chi connectivity index (χ4v) is 2.61.